The van der Waals surface area contributed by atoms with E-state index in [2.05, 4.69) is 10.4 Å². The van der Waals surface area contributed by atoms with Gasteiger partial charge in [0.25, 0.3) is 5.91 Å². The number of nitrogens with zero attached hydrogens (tertiary/aromatic N) is 3. The average molecular weight is 410 g/mol. The van der Waals surface area contributed by atoms with Crippen molar-refractivity contribution in [1.82, 2.24) is 14.1 Å². The van der Waals surface area contributed by atoms with Crippen LogP contribution in [0.1, 0.15) is 41.6 Å². The van der Waals surface area contributed by atoms with Crippen molar-refractivity contribution in [1.29, 1.82) is 0 Å². The zero-order valence-electron chi connectivity index (χ0n) is 16.9. The lowest BCUT2D eigenvalue weighted by Crippen LogP contribution is -2.48. The molecule has 1 N–H and O–H groups in total. The highest BCUT2D eigenvalue weighted by molar-refractivity contribution is 7.89. The van der Waals surface area contributed by atoms with E-state index >= 15 is 0 Å². The van der Waals surface area contributed by atoms with Gasteiger partial charge >= 0.3 is 0 Å². The predicted molar refractivity (Wildman–Crippen MR) is 103 cm³/mol. The minimum atomic E-state index is -3.79. The molecule has 0 aliphatic carbocycles. The number of hydrogen-bond donors (Lipinski definition) is 1. The molecule has 0 bridgehead atoms. The zero-order valence-corrected chi connectivity index (χ0v) is 17.8. The predicted octanol–water partition coefficient (Wildman–Crippen LogP) is 1.99. The molecule has 0 radical (unpaired) electrons. The Balaban J connectivity index is 1.87. The number of nitrogens with one attached hydrogen (secondary N) is 1. The Morgan fingerprint density at radius 3 is 2.36 bits per heavy atom. The van der Waals surface area contributed by atoms with Gasteiger partial charge in [-0.05, 0) is 34.6 Å². The first-order chi connectivity index (χ1) is 13.0. The summed E-state index contributed by atoms with van der Waals surface area (Å²) in [6.45, 7) is 9.33. The highest BCUT2D eigenvalue weighted by atomic mass is 32.2. The van der Waals surface area contributed by atoms with Crippen molar-refractivity contribution in [3.05, 3.63) is 29.0 Å². The van der Waals surface area contributed by atoms with Gasteiger partial charge in [-0.15, -0.1) is 0 Å². The van der Waals surface area contributed by atoms with Gasteiger partial charge < -0.3 is 14.5 Å². The van der Waals surface area contributed by atoms with Crippen molar-refractivity contribution in [3.8, 4) is 0 Å². The van der Waals surface area contributed by atoms with E-state index in [9.17, 15) is 13.2 Å². The molecular formula is C18H26N4O5S. The third-order valence-electron chi connectivity index (χ3n) is 4.85. The lowest BCUT2D eigenvalue weighted by Gasteiger charge is -2.34. The van der Waals surface area contributed by atoms with Gasteiger partial charge in [0.2, 0.25) is 10.0 Å². The Hall–Kier alpha value is -2.17. The van der Waals surface area contributed by atoms with Crippen LogP contribution in [0.15, 0.2) is 15.4 Å². The molecule has 0 aromatic carbocycles. The van der Waals surface area contributed by atoms with Crippen molar-refractivity contribution in [2.24, 2.45) is 7.05 Å². The summed E-state index contributed by atoms with van der Waals surface area (Å²) in [6, 6.07) is 1.28. The summed E-state index contributed by atoms with van der Waals surface area (Å²) in [5, 5.41) is 7.01. The number of aryl methyl sites for hydroxylation is 3. The van der Waals surface area contributed by atoms with Crippen molar-refractivity contribution >= 4 is 21.6 Å². The van der Waals surface area contributed by atoms with Crippen LogP contribution in [0.3, 0.4) is 0 Å². The van der Waals surface area contributed by atoms with E-state index in [0.717, 1.165) is 5.69 Å². The molecule has 1 fully saturated rings. The van der Waals surface area contributed by atoms with Crippen LogP contribution in [0.25, 0.3) is 0 Å². The topological polar surface area (TPSA) is 107 Å². The molecule has 9 nitrogen and oxygen atoms in total. The number of anilines is 1. The molecule has 0 spiro atoms. The quantitative estimate of drug-likeness (QED) is 0.826. The number of morpholine rings is 1. The van der Waals surface area contributed by atoms with Crippen molar-refractivity contribution < 1.29 is 22.4 Å². The van der Waals surface area contributed by atoms with Gasteiger partial charge in [0.1, 0.15) is 10.7 Å². The number of sulfonamides is 1. The van der Waals surface area contributed by atoms with Crippen LogP contribution in [0.2, 0.25) is 0 Å². The maximum absolute atomic E-state index is 13.1. The van der Waals surface area contributed by atoms with Crippen LogP contribution < -0.4 is 5.32 Å². The van der Waals surface area contributed by atoms with Gasteiger partial charge in [-0.1, -0.05) is 0 Å². The van der Waals surface area contributed by atoms with Gasteiger partial charge in [-0.25, -0.2) is 8.42 Å². The van der Waals surface area contributed by atoms with Crippen molar-refractivity contribution in [3.63, 3.8) is 0 Å². The van der Waals surface area contributed by atoms with Crippen LogP contribution >= 0.6 is 0 Å². The SMILES string of the molecule is Cc1nn(C)c(C)c1NC(=O)c1cc(S(=O)(=O)N2C[C@H](C)O[C@@H](C)C2)c(C)o1. The number of carbonyl (C=O) groups is 1. The summed E-state index contributed by atoms with van der Waals surface area (Å²) in [4.78, 5) is 12.6. The monoisotopic (exact) mass is 410 g/mol. The van der Waals surface area contributed by atoms with Crippen LogP contribution in [0, 0.1) is 20.8 Å². The Morgan fingerprint density at radius 1 is 1.21 bits per heavy atom. The number of carbonyl (C=O) groups excluding carboxylic acids is 1. The Morgan fingerprint density at radius 2 is 1.82 bits per heavy atom. The highest BCUT2D eigenvalue weighted by Crippen LogP contribution is 2.27. The molecular weight excluding hydrogens is 384 g/mol. The van der Waals surface area contributed by atoms with Crippen LogP contribution in [0.5, 0.6) is 0 Å². The van der Waals surface area contributed by atoms with Gasteiger partial charge in [0.05, 0.1) is 29.3 Å². The van der Waals surface area contributed by atoms with Gasteiger partial charge in [0.15, 0.2) is 5.76 Å². The molecule has 154 valence electrons. The lowest BCUT2D eigenvalue weighted by atomic mass is 10.3. The minimum Gasteiger partial charge on any atom is -0.455 e. The van der Waals surface area contributed by atoms with E-state index in [1.807, 2.05) is 20.8 Å². The Bertz CT molecular complexity index is 998. The van der Waals surface area contributed by atoms with E-state index in [-0.39, 0.29) is 41.7 Å². The normalized spacial score (nSPS) is 21.1. The summed E-state index contributed by atoms with van der Waals surface area (Å²) in [7, 11) is -2.01. The molecule has 1 amide bonds. The molecule has 1 aliphatic heterocycles. The fraction of sp³-hybridized carbons (Fsp3) is 0.556. The Labute approximate surface area is 164 Å². The maximum atomic E-state index is 13.1. The number of hydrogen-bond acceptors (Lipinski definition) is 6. The summed E-state index contributed by atoms with van der Waals surface area (Å²) >= 11 is 0. The first-order valence-corrected chi connectivity index (χ1v) is 10.5. The average Bonchev–Trinajstić information content (AvgIpc) is 3.10. The molecule has 2 aromatic heterocycles. The molecule has 1 saturated heterocycles. The molecule has 0 unspecified atom stereocenters. The second kappa shape index (κ2) is 7.34. The molecule has 0 saturated carbocycles. The van der Waals surface area contributed by atoms with Crippen LogP contribution in [-0.4, -0.2) is 53.7 Å². The largest absolute Gasteiger partial charge is 0.455 e. The zero-order chi connectivity index (χ0) is 20.8. The third kappa shape index (κ3) is 3.71. The number of amides is 1. The summed E-state index contributed by atoms with van der Waals surface area (Å²) in [5.74, 6) is -0.405. The van der Waals surface area contributed by atoms with E-state index in [4.69, 9.17) is 9.15 Å². The second-order valence-corrected chi connectivity index (χ2v) is 9.14. The standard InChI is InChI=1S/C18H26N4O5S/c1-10-8-22(9-11(2)26-10)28(24,25)16-7-15(27-14(16)5)18(23)19-17-12(3)20-21(6)13(17)4/h7,10-11H,8-9H2,1-6H3,(H,19,23)/t10-,11-/m0/s1. The number of aromatic nitrogens is 2. The fourth-order valence-corrected chi connectivity index (χ4v) is 5.18. The smallest absolute Gasteiger partial charge is 0.291 e. The van der Waals surface area contributed by atoms with Gasteiger partial charge in [-0.3, -0.25) is 9.48 Å². The molecule has 28 heavy (non-hydrogen) atoms. The maximum Gasteiger partial charge on any atom is 0.291 e. The van der Waals surface area contributed by atoms with Crippen LogP contribution in [0.4, 0.5) is 5.69 Å². The van der Waals surface area contributed by atoms with Gasteiger partial charge in [-0.2, -0.15) is 9.40 Å². The van der Waals surface area contributed by atoms with E-state index in [1.54, 1.807) is 18.7 Å². The van der Waals surface area contributed by atoms with Gasteiger partial charge in [0, 0.05) is 26.2 Å². The number of furan rings is 1. The fourth-order valence-electron chi connectivity index (χ4n) is 3.43. The molecule has 1 aliphatic rings. The number of rotatable bonds is 4. The summed E-state index contributed by atoms with van der Waals surface area (Å²) in [6.07, 6.45) is -0.407. The first-order valence-electron chi connectivity index (χ1n) is 9.08. The molecule has 3 heterocycles. The third-order valence-corrected chi connectivity index (χ3v) is 6.79. The molecule has 10 heteroatoms. The van der Waals surface area contributed by atoms with E-state index in [1.165, 1.54) is 17.3 Å². The summed E-state index contributed by atoms with van der Waals surface area (Å²) in [5.41, 5.74) is 2.04. The Kier molecular flexibility index (Phi) is 5.39. The minimum absolute atomic E-state index is 0.00131. The van der Waals surface area contributed by atoms with E-state index < -0.39 is 15.9 Å². The molecule has 3 rings (SSSR count). The van der Waals surface area contributed by atoms with E-state index in [0.29, 0.717) is 11.4 Å². The molecule has 2 aromatic rings. The lowest BCUT2D eigenvalue weighted by molar-refractivity contribution is -0.0441. The van der Waals surface area contributed by atoms with Crippen molar-refractivity contribution in [2.45, 2.75) is 51.7 Å². The van der Waals surface area contributed by atoms with Crippen LogP contribution in [-0.2, 0) is 21.8 Å². The highest BCUT2D eigenvalue weighted by Gasteiger charge is 2.35. The summed E-state index contributed by atoms with van der Waals surface area (Å²) < 4.78 is 40.3. The van der Waals surface area contributed by atoms with Crippen molar-refractivity contribution in [2.75, 3.05) is 18.4 Å². The first kappa shape index (κ1) is 20.6. The second-order valence-electron chi connectivity index (χ2n) is 7.23. The number of ether oxygens (including phenoxy) is 1. The molecule has 2 atom stereocenters.